The standard InChI is InChI=1S/C30H39BrN8O3S/c1-7-43(41,42)38-12-11-22(18-38)33-26-25(31)17-32-29-27(26)34-28(35-29)24-15-19(2)39(20(24)3)23-10-8-9-21(16-23)30(40)37(6)14-13-36(4)5/h8-10,15-17,22H,7,11-14,18H2,1-6H3,(H2,32,33,34,35). The first-order valence-electron chi connectivity index (χ1n) is 14.4. The molecule has 1 atom stereocenters. The highest BCUT2D eigenvalue weighted by Crippen LogP contribution is 2.34. The minimum absolute atomic E-state index is 0.0157. The topological polar surface area (TPSA) is 119 Å². The van der Waals surface area contributed by atoms with Crippen LogP contribution in [0.2, 0.25) is 0 Å². The second kappa shape index (κ2) is 12.4. The van der Waals surface area contributed by atoms with E-state index in [1.807, 2.05) is 59.3 Å². The van der Waals surface area contributed by atoms with Crippen LogP contribution < -0.4 is 5.32 Å². The minimum atomic E-state index is -3.23. The largest absolute Gasteiger partial charge is 0.378 e. The van der Waals surface area contributed by atoms with Gasteiger partial charge in [-0.25, -0.2) is 18.4 Å². The third-order valence-electron chi connectivity index (χ3n) is 7.99. The fourth-order valence-corrected chi connectivity index (χ4v) is 7.09. The molecular weight excluding hydrogens is 632 g/mol. The molecule has 230 valence electrons. The van der Waals surface area contributed by atoms with Gasteiger partial charge in [-0.2, -0.15) is 4.31 Å². The molecule has 1 aliphatic rings. The number of aromatic amines is 1. The van der Waals surface area contributed by atoms with Gasteiger partial charge in [0.1, 0.15) is 11.3 Å². The number of imidazole rings is 1. The number of anilines is 1. The van der Waals surface area contributed by atoms with Gasteiger partial charge in [0, 0.05) is 73.7 Å². The summed E-state index contributed by atoms with van der Waals surface area (Å²) >= 11 is 3.62. The van der Waals surface area contributed by atoms with Crippen molar-refractivity contribution in [2.45, 2.75) is 33.2 Å². The van der Waals surface area contributed by atoms with Crippen LogP contribution in [0, 0.1) is 13.8 Å². The highest BCUT2D eigenvalue weighted by atomic mass is 79.9. The highest BCUT2D eigenvalue weighted by molar-refractivity contribution is 9.10. The summed E-state index contributed by atoms with van der Waals surface area (Å²) in [6.07, 6.45) is 2.43. The molecule has 13 heteroatoms. The Kier molecular flexibility index (Phi) is 8.98. The van der Waals surface area contributed by atoms with E-state index in [0.717, 1.165) is 39.3 Å². The van der Waals surface area contributed by atoms with Gasteiger partial charge >= 0.3 is 0 Å². The number of hydrogen-bond acceptors (Lipinski definition) is 7. The summed E-state index contributed by atoms with van der Waals surface area (Å²) < 4.78 is 29.2. The number of pyridine rings is 1. The molecule has 1 fully saturated rings. The second-order valence-electron chi connectivity index (χ2n) is 11.4. The molecule has 4 heterocycles. The number of likely N-dealkylation sites (N-methyl/N-ethyl adjacent to an activating group) is 2. The molecule has 11 nitrogen and oxygen atoms in total. The zero-order valence-corrected chi connectivity index (χ0v) is 27.9. The van der Waals surface area contributed by atoms with Crippen molar-refractivity contribution in [3.05, 3.63) is 58.0 Å². The van der Waals surface area contributed by atoms with Crippen LogP contribution >= 0.6 is 15.9 Å². The number of aromatic nitrogens is 4. The third-order valence-corrected chi connectivity index (χ3v) is 10.4. The van der Waals surface area contributed by atoms with Crippen LogP contribution in [0.15, 0.2) is 41.0 Å². The Balaban J connectivity index is 1.44. The van der Waals surface area contributed by atoms with Gasteiger partial charge in [-0.1, -0.05) is 6.07 Å². The quantitative estimate of drug-likeness (QED) is 0.259. The predicted molar refractivity (Wildman–Crippen MR) is 174 cm³/mol. The summed E-state index contributed by atoms with van der Waals surface area (Å²) in [6, 6.07) is 9.75. The fraction of sp³-hybridized carbons (Fsp3) is 0.433. The number of halogens is 1. The summed E-state index contributed by atoms with van der Waals surface area (Å²) in [5.74, 6) is 0.761. The molecule has 3 aromatic heterocycles. The summed E-state index contributed by atoms with van der Waals surface area (Å²) in [5, 5.41) is 3.52. The first-order chi connectivity index (χ1) is 20.4. The van der Waals surface area contributed by atoms with Crippen LogP contribution in [0.1, 0.15) is 35.1 Å². The maximum Gasteiger partial charge on any atom is 0.253 e. The predicted octanol–water partition coefficient (Wildman–Crippen LogP) is 4.26. The highest BCUT2D eigenvalue weighted by Gasteiger charge is 2.31. The lowest BCUT2D eigenvalue weighted by atomic mass is 10.1. The Bertz CT molecular complexity index is 1760. The lowest BCUT2D eigenvalue weighted by Gasteiger charge is -2.20. The van der Waals surface area contributed by atoms with Gasteiger partial charge in [-0.05, 0) is 81.5 Å². The molecule has 1 unspecified atom stereocenters. The van der Waals surface area contributed by atoms with Gasteiger partial charge in [0.25, 0.3) is 5.91 Å². The van der Waals surface area contributed by atoms with E-state index in [9.17, 15) is 13.2 Å². The molecule has 0 aliphatic carbocycles. The van der Waals surface area contributed by atoms with Gasteiger partial charge in [0.2, 0.25) is 10.0 Å². The average Bonchev–Trinajstić information content (AvgIpc) is 3.70. The molecule has 5 rings (SSSR count). The van der Waals surface area contributed by atoms with Crippen molar-refractivity contribution in [3.8, 4) is 17.1 Å². The van der Waals surface area contributed by atoms with E-state index < -0.39 is 10.0 Å². The van der Waals surface area contributed by atoms with Crippen molar-refractivity contribution in [2.24, 2.45) is 0 Å². The zero-order valence-electron chi connectivity index (χ0n) is 25.5. The number of nitrogens with one attached hydrogen (secondary N) is 2. The van der Waals surface area contributed by atoms with Crippen molar-refractivity contribution < 1.29 is 13.2 Å². The van der Waals surface area contributed by atoms with E-state index in [2.05, 4.69) is 46.7 Å². The number of fused-ring (bicyclic) bond motifs is 1. The summed E-state index contributed by atoms with van der Waals surface area (Å²) in [7, 11) is 2.58. The van der Waals surface area contributed by atoms with E-state index in [1.54, 1.807) is 22.3 Å². The van der Waals surface area contributed by atoms with E-state index in [0.29, 0.717) is 48.6 Å². The number of benzene rings is 1. The molecule has 1 aliphatic heterocycles. The first-order valence-corrected chi connectivity index (χ1v) is 16.8. The molecule has 2 N–H and O–H groups in total. The molecule has 1 aromatic carbocycles. The molecule has 0 bridgehead atoms. The fourth-order valence-electron chi connectivity index (χ4n) is 5.53. The number of carbonyl (C=O) groups excluding carboxylic acids is 1. The monoisotopic (exact) mass is 670 g/mol. The number of nitrogens with zero attached hydrogens (tertiary/aromatic N) is 6. The van der Waals surface area contributed by atoms with Crippen LogP contribution in [0.4, 0.5) is 5.69 Å². The minimum Gasteiger partial charge on any atom is -0.378 e. The third kappa shape index (κ3) is 6.35. The summed E-state index contributed by atoms with van der Waals surface area (Å²) in [6.45, 7) is 8.09. The van der Waals surface area contributed by atoms with Crippen LogP contribution in [-0.2, 0) is 10.0 Å². The normalized spacial score (nSPS) is 16.0. The molecule has 4 aromatic rings. The summed E-state index contributed by atoms with van der Waals surface area (Å²) in [5.41, 5.74) is 6.55. The van der Waals surface area contributed by atoms with Crippen molar-refractivity contribution in [1.82, 2.24) is 33.6 Å². The number of rotatable bonds is 10. The first kappa shape index (κ1) is 31.2. The van der Waals surface area contributed by atoms with Crippen molar-refractivity contribution in [1.29, 1.82) is 0 Å². The molecular formula is C30H39BrN8O3S. The Hall–Kier alpha value is -3.26. The SMILES string of the molecule is CCS(=O)(=O)N1CCC(Nc2c(Br)cnc3[nH]c(-c4cc(C)n(-c5cccc(C(=O)N(C)CCN(C)C)c5)c4C)nc23)C1. The summed E-state index contributed by atoms with van der Waals surface area (Å²) in [4.78, 5) is 29.8. The van der Waals surface area contributed by atoms with E-state index >= 15 is 0 Å². The smallest absolute Gasteiger partial charge is 0.253 e. The van der Waals surface area contributed by atoms with E-state index in [1.165, 1.54) is 0 Å². The lowest BCUT2D eigenvalue weighted by molar-refractivity contribution is 0.0786. The maximum atomic E-state index is 13.1. The Morgan fingerprint density at radius 2 is 1.95 bits per heavy atom. The van der Waals surface area contributed by atoms with E-state index in [-0.39, 0.29) is 17.7 Å². The molecule has 1 amide bonds. The molecule has 1 saturated heterocycles. The number of carbonyl (C=O) groups is 1. The van der Waals surface area contributed by atoms with Crippen LogP contribution in [0.25, 0.3) is 28.2 Å². The van der Waals surface area contributed by atoms with E-state index in [4.69, 9.17) is 4.98 Å². The van der Waals surface area contributed by atoms with Crippen LogP contribution in [0.5, 0.6) is 0 Å². The van der Waals surface area contributed by atoms with Crippen molar-refractivity contribution in [3.63, 3.8) is 0 Å². The Labute approximate surface area is 261 Å². The van der Waals surface area contributed by atoms with Gasteiger partial charge < -0.3 is 24.7 Å². The molecule has 43 heavy (non-hydrogen) atoms. The van der Waals surface area contributed by atoms with Gasteiger partial charge in [0.05, 0.1) is 15.9 Å². The zero-order chi connectivity index (χ0) is 31.1. The maximum absolute atomic E-state index is 13.1. The lowest BCUT2D eigenvalue weighted by Crippen LogP contribution is -2.33. The van der Waals surface area contributed by atoms with Crippen LogP contribution in [-0.4, -0.2) is 107 Å². The van der Waals surface area contributed by atoms with Gasteiger partial charge in [-0.3, -0.25) is 4.79 Å². The van der Waals surface area contributed by atoms with Gasteiger partial charge in [0.15, 0.2) is 5.65 Å². The second-order valence-corrected chi connectivity index (χ2v) is 14.5. The number of amides is 1. The molecule has 0 radical (unpaired) electrons. The Morgan fingerprint density at radius 3 is 2.67 bits per heavy atom. The number of sulfonamides is 1. The van der Waals surface area contributed by atoms with Crippen LogP contribution in [0.3, 0.4) is 0 Å². The average molecular weight is 672 g/mol. The molecule has 0 saturated carbocycles. The molecule has 0 spiro atoms. The Morgan fingerprint density at radius 1 is 1.19 bits per heavy atom. The van der Waals surface area contributed by atoms with Gasteiger partial charge in [-0.15, -0.1) is 0 Å². The van der Waals surface area contributed by atoms with Crippen molar-refractivity contribution in [2.75, 3.05) is 58.4 Å². The number of H-pyrrole nitrogens is 1. The number of aryl methyl sites for hydroxylation is 1. The van der Waals surface area contributed by atoms with Crippen molar-refractivity contribution >= 4 is 48.7 Å². The number of hydrogen-bond donors (Lipinski definition) is 2.